The Bertz CT molecular complexity index is 792. The van der Waals surface area contributed by atoms with E-state index < -0.39 is 23.5 Å². The third-order valence-electron chi connectivity index (χ3n) is 6.18. The highest BCUT2D eigenvalue weighted by molar-refractivity contribution is 7.80. The van der Waals surface area contributed by atoms with Crippen LogP contribution < -0.4 is 27.0 Å². The zero-order chi connectivity index (χ0) is 29.5. The van der Waals surface area contributed by atoms with Gasteiger partial charge < -0.3 is 31.7 Å². The molecular formula is C27H51N5O5S. The van der Waals surface area contributed by atoms with Gasteiger partial charge in [-0.25, -0.2) is 4.79 Å². The van der Waals surface area contributed by atoms with Crippen LogP contribution in [-0.4, -0.2) is 67.0 Å². The molecule has 0 rings (SSSR count). The first-order valence-corrected chi connectivity index (χ1v) is 13.9. The summed E-state index contributed by atoms with van der Waals surface area (Å²) in [5.74, 6) is -0.261. The highest BCUT2D eigenvalue weighted by atomic mass is 32.1. The summed E-state index contributed by atoms with van der Waals surface area (Å²) in [4.78, 5) is 49.2. The van der Waals surface area contributed by atoms with Crippen LogP contribution in [0.5, 0.6) is 0 Å². The minimum absolute atomic E-state index is 0.0413. The quantitative estimate of drug-likeness (QED) is 0.135. The van der Waals surface area contributed by atoms with Crippen molar-refractivity contribution in [3.63, 3.8) is 0 Å². The standard InChI is InChI=1S/C27H51N5O5S/c1-9-18(2)21(32-25(38)30-15-11-16-37-17-13-20(33)26(3,4)5)23(35)31-19(22(34)27(6,7)8)12-10-14-29-24(28)36/h18-19,21H,9-17H2,1-8H3,(H,31,35)(H3,28,29,36)(H2,30,32,38)/t18?,19-,21-/m0/s1. The number of rotatable bonds is 17. The van der Waals surface area contributed by atoms with Crippen molar-refractivity contribution in [2.24, 2.45) is 22.5 Å². The topological polar surface area (TPSA) is 152 Å². The second-order valence-electron chi connectivity index (χ2n) is 11.8. The average Bonchev–Trinajstić information content (AvgIpc) is 2.81. The van der Waals surface area contributed by atoms with Crippen molar-refractivity contribution in [3.8, 4) is 0 Å². The Hall–Kier alpha value is -2.27. The average molecular weight is 558 g/mol. The molecule has 11 heteroatoms. The van der Waals surface area contributed by atoms with Gasteiger partial charge >= 0.3 is 6.03 Å². The molecule has 220 valence electrons. The summed E-state index contributed by atoms with van der Waals surface area (Å²) in [6.07, 6.45) is 2.67. The van der Waals surface area contributed by atoms with Crippen molar-refractivity contribution < 1.29 is 23.9 Å². The third kappa shape index (κ3) is 15.2. The Balaban J connectivity index is 4.88. The molecule has 1 unspecified atom stereocenters. The Morgan fingerprint density at radius 1 is 0.895 bits per heavy atom. The number of primary amides is 1. The smallest absolute Gasteiger partial charge is 0.312 e. The highest BCUT2D eigenvalue weighted by Crippen LogP contribution is 2.20. The summed E-state index contributed by atoms with van der Waals surface area (Å²) in [7, 11) is 0. The first-order chi connectivity index (χ1) is 17.5. The first kappa shape index (κ1) is 35.7. The largest absolute Gasteiger partial charge is 0.381 e. The number of carbonyl (C=O) groups excluding carboxylic acids is 4. The minimum atomic E-state index is -0.700. The number of hydrogen-bond donors (Lipinski definition) is 5. The Morgan fingerprint density at radius 2 is 1.50 bits per heavy atom. The number of urea groups is 1. The molecule has 6 N–H and O–H groups in total. The molecule has 0 saturated carbocycles. The predicted octanol–water partition coefficient (Wildman–Crippen LogP) is 2.83. The third-order valence-corrected chi connectivity index (χ3v) is 6.45. The second kappa shape index (κ2) is 17.3. The number of nitrogens with two attached hydrogens (primary N) is 1. The lowest BCUT2D eigenvalue weighted by molar-refractivity contribution is -0.133. The van der Waals surface area contributed by atoms with Gasteiger partial charge in [-0.2, -0.15) is 0 Å². The van der Waals surface area contributed by atoms with Gasteiger partial charge in [0.15, 0.2) is 10.9 Å². The number of Topliss-reactive ketones (excluding diaryl/α,β-unsaturated/α-hetero) is 2. The highest BCUT2D eigenvalue weighted by Gasteiger charge is 2.33. The molecule has 38 heavy (non-hydrogen) atoms. The Labute approximate surface area is 234 Å². The van der Waals surface area contributed by atoms with E-state index in [0.717, 1.165) is 6.42 Å². The fraction of sp³-hybridized carbons (Fsp3) is 0.815. The first-order valence-electron chi connectivity index (χ1n) is 13.5. The monoisotopic (exact) mass is 557 g/mol. The molecule has 0 bridgehead atoms. The van der Waals surface area contributed by atoms with Gasteiger partial charge in [-0.05, 0) is 37.4 Å². The van der Waals surface area contributed by atoms with Crippen LogP contribution in [-0.2, 0) is 19.1 Å². The van der Waals surface area contributed by atoms with Gasteiger partial charge in [0, 0.05) is 36.9 Å². The number of ether oxygens (including phenoxy) is 1. The van der Waals surface area contributed by atoms with Crippen LogP contribution >= 0.6 is 12.2 Å². The van der Waals surface area contributed by atoms with Crippen LogP contribution in [0.1, 0.15) is 87.5 Å². The van der Waals surface area contributed by atoms with Crippen molar-refractivity contribution in [2.75, 3.05) is 26.3 Å². The zero-order valence-corrected chi connectivity index (χ0v) is 25.4. The molecule has 0 saturated heterocycles. The van der Waals surface area contributed by atoms with E-state index >= 15 is 0 Å². The molecule has 0 aliphatic heterocycles. The van der Waals surface area contributed by atoms with Gasteiger partial charge in [-0.1, -0.05) is 61.8 Å². The summed E-state index contributed by atoms with van der Waals surface area (Å²) in [6.45, 7) is 16.8. The lowest BCUT2D eigenvalue weighted by Crippen LogP contribution is -2.56. The molecule has 0 aliphatic rings. The van der Waals surface area contributed by atoms with Crippen molar-refractivity contribution in [1.29, 1.82) is 0 Å². The van der Waals surface area contributed by atoms with Crippen molar-refractivity contribution in [3.05, 3.63) is 0 Å². The molecule has 0 aromatic carbocycles. The van der Waals surface area contributed by atoms with Gasteiger partial charge in [0.25, 0.3) is 0 Å². The molecule has 0 aromatic rings. The molecular weight excluding hydrogens is 506 g/mol. The van der Waals surface area contributed by atoms with E-state index in [-0.39, 0.29) is 28.8 Å². The van der Waals surface area contributed by atoms with E-state index in [0.29, 0.717) is 57.1 Å². The van der Waals surface area contributed by atoms with Crippen LogP contribution in [0.25, 0.3) is 0 Å². The van der Waals surface area contributed by atoms with Crippen LogP contribution in [0.2, 0.25) is 0 Å². The van der Waals surface area contributed by atoms with Crippen LogP contribution in [0.15, 0.2) is 0 Å². The number of amides is 3. The maximum atomic E-state index is 13.3. The zero-order valence-electron chi connectivity index (χ0n) is 24.6. The Kier molecular flexibility index (Phi) is 16.3. The molecule has 0 aliphatic carbocycles. The summed E-state index contributed by atoms with van der Waals surface area (Å²) in [5, 5.41) is 12.0. The van der Waals surface area contributed by atoms with Gasteiger partial charge in [0.2, 0.25) is 5.91 Å². The number of hydrogen-bond acceptors (Lipinski definition) is 6. The van der Waals surface area contributed by atoms with E-state index in [2.05, 4.69) is 21.3 Å². The molecule has 0 heterocycles. The van der Waals surface area contributed by atoms with Gasteiger partial charge in [0.1, 0.15) is 11.8 Å². The maximum absolute atomic E-state index is 13.3. The number of ketones is 2. The molecule has 10 nitrogen and oxygen atoms in total. The van der Waals surface area contributed by atoms with E-state index in [9.17, 15) is 19.2 Å². The van der Waals surface area contributed by atoms with Gasteiger partial charge in [0.05, 0.1) is 12.6 Å². The van der Waals surface area contributed by atoms with E-state index in [1.165, 1.54) is 0 Å². The molecule has 0 radical (unpaired) electrons. The van der Waals surface area contributed by atoms with Crippen molar-refractivity contribution in [1.82, 2.24) is 21.3 Å². The SMILES string of the molecule is CCC(C)[C@H](NC(=S)NCCCOCCC(=O)C(C)(C)C)C(=O)N[C@@H](CCCNC(N)=O)C(=O)C(C)(C)C. The van der Waals surface area contributed by atoms with E-state index in [1.807, 2.05) is 55.4 Å². The minimum Gasteiger partial charge on any atom is -0.381 e. The summed E-state index contributed by atoms with van der Waals surface area (Å²) in [6, 6.07) is -1.95. The van der Waals surface area contributed by atoms with Gasteiger partial charge in [-0.15, -0.1) is 0 Å². The van der Waals surface area contributed by atoms with Crippen LogP contribution in [0.3, 0.4) is 0 Å². The summed E-state index contributed by atoms with van der Waals surface area (Å²) in [5.41, 5.74) is 4.11. The normalized spacial score (nSPS) is 14.1. The lowest BCUT2D eigenvalue weighted by Gasteiger charge is -2.30. The lowest BCUT2D eigenvalue weighted by atomic mass is 9.84. The van der Waals surface area contributed by atoms with Crippen LogP contribution in [0.4, 0.5) is 4.79 Å². The van der Waals surface area contributed by atoms with E-state index in [4.69, 9.17) is 22.7 Å². The molecule has 3 atom stereocenters. The second-order valence-corrected chi connectivity index (χ2v) is 12.2. The summed E-state index contributed by atoms with van der Waals surface area (Å²) >= 11 is 5.42. The molecule has 0 spiro atoms. The predicted molar refractivity (Wildman–Crippen MR) is 155 cm³/mol. The molecule has 3 amide bonds. The van der Waals surface area contributed by atoms with Crippen molar-refractivity contribution >= 4 is 40.8 Å². The molecule has 0 aromatic heterocycles. The fourth-order valence-corrected chi connectivity index (χ4v) is 3.71. The fourth-order valence-electron chi connectivity index (χ4n) is 3.48. The number of nitrogens with one attached hydrogen (secondary N) is 4. The summed E-state index contributed by atoms with van der Waals surface area (Å²) < 4.78 is 5.55. The maximum Gasteiger partial charge on any atom is 0.312 e. The van der Waals surface area contributed by atoms with Crippen molar-refractivity contribution in [2.45, 2.75) is 99.6 Å². The Morgan fingerprint density at radius 3 is 2.03 bits per heavy atom. The number of thiocarbonyl (C=S) groups is 1. The number of carbonyl (C=O) groups is 4. The van der Waals surface area contributed by atoms with Gasteiger partial charge in [-0.3, -0.25) is 14.4 Å². The van der Waals surface area contributed by atoms with Crippen LogP contribution in [0, 0.1) is 16.7 Å². The van der Waals surface area contributed by atoms with E-state index in [1.54, 1.807) is 0 Å². The molecule has 0 fully saturated rings.